The van der Waals surface area contributed by atoms with Crippen LogP contribution in [0.25, 0.3) is 0 Å². The van der Waals surface area contributed by atoms with Crippen molar-refractivity contribution in [2.75, 3.05) is 6.61 Å². The van der Waals surface area contributed by atoms with E-state index in [4.69, 9.17) is 16.3 Å². The molecule has 1 nitrogen and oxygen atoms in total. The minimum atomic E-state index is -0.865. The molecular weight excluding hydrogens is 362 g/mol. The second kappa shape index (κ2) is 7.23. The van der Waals surface area contributed by atoms with Crippen molar-refractivity contribution in [1.82, 2.24) is 0 Å². The van der Waals surface area contributed by atoms with E-state index < -0.39 is 17.0 Å². The summed E-state index contributed by atoms with van der Waals surface area (Å²) in [6.45, 7) is 2.38. The van der Waals surface area contributed by atoms with Crippen molar-refractivity contribution in [2.24, 2.45) is 0 Å². The van der Waals surface area contributed by atoms with E-state index in [1.165, 1.54) is 12.1 Å². The number of alkyl halides is 1. The predicted molar refractivity (Wildman–Crippen MR) is 84.0 cm³/mol. The molecule has 0 radical (unpaired) electrons. The van der Waals surface area contributed by atoms with Crippen LogP contribution in [0.1, 0.15) is 23.4 Å². The van der Waals surface area contributed by atoms with Crippen LogP contribution in [0.5, 0.6) is 5.75 Å². The molecule has 0 aliphatic rings. The molecule has 21 heavy (non-hydrogen) atoms. The molecule has 2 aromatic carbocycles. The van der Waals surface area contributed by atoms with Crippen LogP contribution in [0.2, 0.25) is 0 Å². The van der Waals surface area contributed by atoms with Gasteiger partial charge in [-0.05, 0) is 43.2 Å². The zero-order chi connectivity index (χ0) is 15.4. The van der Waals surface area contributed by atoms with Gasteiger partial charge in [0.1, 0.15) is 5.75 Å². The van der Waals surface area contributed by atoms with Crippen LogP contribution in [0.15, 0.2) is 40.9 Å². The zero-order valence-electron chi connectivity index (χ0n) is 11.4. The van der Waals surface area contributed by atoms with Crippen molar-refractivity contribution >= 4 is 27.5 Å². The lowest BCUT2D eigenvalue weighted by Crippen LogP contribution is -2.03. The summed E-state index contributed by atoms with van der Waals surface area (Å²) >= 11 is 9.77. The topological polar surface area (TPSA) is 9.23 Å². The standard InChI is InChI=1S/C16H14BrClF2O/c1-2-21-15-7-6-11(17)9-12(15)13(18)8-10-4-3-5-14(19)16(10)20/h3-7,9,13H,2,8H2,1H3. The maximum Gasteiger partial charge on any atom is 0.162 e. The highest BCUT2D eigenvalue weighted by molar-refractivity contribution is 9.10. The predicted octanol–water partition coefficient (Wildman–Crippen LogP) is 5.65. The monoisotopic (exact) mass is 374 g/mol. The van der Waals surface area contributed by atoms with E-state index in [9.17, 15) is 8.78 Å². The van der Waals surface area contributed by atoms with E-state index >= 15 is 0 Å². The first-order valence-electron chi connectivity index (χ1n) is 6.52. The Morgan fingerprint density at radius 2 is 2.00 bits per heavy atom. The fraction of sp³-hybridized carbons (Fsp3) is 0.250. The van der Waals surface area contributed by atoms with Crippen LogP contribution in [0.4, 0.5) is 8.78 Å². The minimum absolute atomic E-state index is 0.182. The molecule has 0 N–H and O–H groups in total. The Bertz CT molecular complexity index is 634. The van der Waals surface area contributed by atoms with Crippen molar-refractivity contribution in [3.63, 3.8) is 0 Å². The van der Waals surface area contributed by atoms with Gasteiger partial charge in [0.05, 0.1) is 12.0 Å². The molecule has 0 amide bonds. The quantitative estimate of drug-likeness (QED) is 0.614. The van der Waals surface area contributed by atoms with Crippen LogP contribution >= 0.6 is 27.5 Å². The maximum absolute atomic E-state index is 13.7. The first kappa shape index (κ1) is 16.2. The molecule has 2 aromatic rings. The molecule has 0 aliphatic carbocycles. The Morgan fingerprint density at radius 1 is 1.24 bits per heavy atom. The summed E-state index contributed by atoms with van der Waals surface area (Å²) in [4.78, 5) is 0. The summed E-state index contributed by atoms with van der Waals surface area (Å²) in [6, 6.07) is 9.58. The Labute approximate surface area is 136 Å². The zero-order valence-corrected chi connectivity index (χ0v) is 13.7. The first-order chi connectivity index (χ1) is 10.0. The summed E-state index contributed by atoms with van der Waals surface area (Å²) < 4.78 is 33.4. The van der Waals surface area contributed by atoms with Gasteiger partial charge in [0.2, 0.25) is 0 Å². The fourth-order valence-electron chi connectivity index (χ4n) is 2.06. The number of ether oxygens (including phenoxy) is 1. The van der Waals surface area contributed by atoms with Crippen LogP contribution in [0, 0.1) is 11.6 Å². The van der Waals surface area contributed by atoms with Gasteiger partial charge in [-0.15, -0.1) is 11.6 Å². The number of rotatable bonds is 5. The molecule has 0 aliphatic heterocycles. The van der Waals surface area contributed by atoms with E-state index in [0.29, 0.717) is 12.4 Å². The van der Waals surface area contributed by atoms with Gasteiger partial charge in [0, 0.05) is 10.0 Å². The highest BCUT2D eigenvalue weighted by Gasteiger charge is 2.18. The van der Waals surface area contributed by atoms with Crippen LogP contribution in [0.3, 0.4) is 0 Å². The molecule has 5 heteroatoms. The second-order valence-electron chi connectivity index (χ2n) is 4.50. The van der Waals surface area contributed by atoms with Gasteiger partial charge < -0.3 is 4.74 Å². The van der Waals surface area contributed by atoms with Gasteiger partial charge >= 0.3 is 0 Å². The fourth-order valence-corrected chi connectivity index (χ4v) is 2.78. The normalized spacial score (nSPS) is 12.2. The number of benzene rings is 2. The summed E-state index contributed by atoms with van der Waals surface area (Å²) in [5, 5.41) is -0.514. The molecule has 2 rings (SSSR count). The molecule has 1 atom stereocenters. The van der Waals surface area contributed by atoms with Crippen molar-refractivity contribution in [3.8, 4) is 5.75 Å². The average Bonchev–Trinajstić information content (AvgIpc) is 2.46. The molecule has 0 saturated carbocycles. The molecular formula is C16H14BrClF2O. The van der Waals surface area contributed by atoms with Gasteiger partial charge in [-0.3, -0.25) is 0 Å². The second-order valence-corrected chi connectivity index (χ2v) is 5.94. The lowest BCUT2D eigenvalue weighted by Gasteiger charge is -2.16. The van der Waals surface area contributed by atoms with Crippen molar-refractivity contribution in [3.05, 3.63) is 63.6 Å². The van der Waals surface area contributed by atoms with Crippen molar-refractivity contribution in [2.45, 2.75) is 18.7 Å². The lowest BCUT2D eigenvalue weighted by atomic mass is 10.0. The Hall–Kier alpha value is -1.13. The van der Waals surface area contributed by atoms with Crippen molar-refractivity contribution in [1.29, 1.82) is 0 Å². The molecule has 0 spiro atoms. The Balaban J connectivity index is 2.29. The third-order valence-electron chi connectivity index (χ3n) is 3.04. The van der Waals surface area contributed by atoms with Crippen LogP contribution in [-0.2, 0) is 6.42 Å². The molecule has 1 unspecified atom stereocenters. The molecule has 112 valence electrons. The Kier molecular flexibility index (Phi) is 5.59. The van der Waals surface area contributed by atoms with Gasteiger partial charge in [-0.25, -0.2) is 8.78 Å². The van der Waals surface area contributed by atoms with E-state index in [-0.39, 0.29) is 12.0 Å². The number of hydrogen-bond donors (Lipinski definition) is 0. The summed E-state index contributed by atoms with van der Waals surface area (Å²) in [5.74, 6) is -1.07. The minimum Gasteiger partial charge on any atom is -0.494 e. The summed E-state index contributed by atoms with van der Waals surface area (Å²) in [7, 11) is 0. The van der Waals surface area contributed by atoms with Crippen molar-refractivity contribution < 1.29 is 13.5 Å². The van der Waals surface area contributed by atoms with E-state index in [1.54, 1.807) is 6.07 Å². The van der Waals surface area contributed by atoms with Gasteiger partial charge in [-0.2, -0.15) is 0 Å². The first-order valence-corrected chi connectivity index (χ1v) is 7.75. The van der Waals surface area contributed by atoms with Gasteiger partial charge in [-0.1, -0.05) is 28.1 Å². The van der Waals surface area contributed by atoms with E-state index in [0.717, 1.165) is 16.1 Å². The maximum atomic E-state index is 13.7. The molecule has 0 aromatic heterocycles. The molecule has 0 heterocycles. The molecule has 0 saturated heterocycles. The number of halogens is 4. The SMILES string of the molecule is CCOc1ccc(Br)cc1C(Cl)Cc1cccc(F)c1F. The van der Waals surface area contributed by atoms with Gasteiger partial charge in [0.25, 0.3) is 0 Å². The number of hydrogen-bond acceptors (Lipinski definition) is 1. The largest absolute Gasteiger partial charge is 0.494 e. The summed E-state index contributed by atoms with van der Waals surface area (Å²) in [5.41, 5.74) is 0.994. The highest BCUT2D eigenvalue weighted by Crippen LogP contribution is 2.35. The van der Waals surface area contributed by atoms with Crippen LogP contribution in [-0.4, -0.2) is 6.61 Å². The van der Waals surface area contributed by atoms with Crippen LogP contribution < -0.4 is 4.74 Å². The summed E-state index contributed by atoms with van der Waals surface area (Å²) in [6.07, 6.45) is 0.182. The third-order valence-corrected chi connectivity index (χ3v) is 3.92. The third kappa shape index (κ3) is 3.95. The lowest BCUT2D eigenvalue weighted by molar-refractivity contribution is 0.336. The molecule has 0 fully saturated rings. The van der Waals surface area contributed by atoms with E-state index in [2.05, 4.69) is 15.9 Å². The van der Waals surface area contributed by atoms with E-state index in [1.807, 2.05) is 19.1 Å². The van der Waals surface area contributed by atoms with Gasteiger partial charge in [0.15, 0.2) is 11.6 Å². The molecule has 0 bridgehead atoms. The smallest absolute Gasteiger partial charge is 0.162 e. The Morgan fingerprint density at radius 3 is 2.71 bits per heavy atom. The highest BCUT2D eigenvalue weighted by atomic mass is 79.9. The average molecular weight is 376 g/mol.